The van der Waals surface area contributed by atoms with E-state index in [1.54, 1.807) is 4.90 Å². The van der Waals surface area contributed by atoms with E-state index < -0.39 is 0 Å². The molecular weight excluding hydrogens is 394 g/mol. The first-order chi connectivity index (χ1) is 14.7. The molecule has 0 radical (unpaired) electrons. The molecule has 5 nitrogen and oxygen atoms in total. The van der Waals surface area contributed by atoms with Crippen molar-refractivity contribution < 1.29 is 14.4 Å². The third-order valence-corrected chi connectivity index (χ3v) is 5.97. The number of para-hydroxylation sites is 1. The van der Waals surface area contributed by atoms with Gasteiger partial charge in [0.15, 0.2) is 11.7 Å². The zero-order chi connectivity index (χ0) is 21.2. The van der Waals surface area contributed by atoms with Crippen LogP contribution >= 0.6 is 11.3 Å². The lowest BCUT2D eigenvalue weighted by atomic mass is 10.2. The van der Waals surface area contributed by atoms with E-state index in [9.17, 15) is 4.79 Å². The van der Waals surface area contributed by atoms with Gasteiger partial charge in [-0.15, -0.1) is 11.3 Å². The second kappa shape index (κ2) is 11.5. The predicted molar refractivity (Wildman–Crippen MR) is 123 cm³/mol. The molecule has 0 atom stereocenters. The molecule has 30 heavy (non-hydrogen) atoms. The van der Waals surface area contributed by atoms with Crippen LogP contribution in [0.15, 0.2) is 66.0 Å². The maximum atomic E-state index is 13.0. The Morgan fingerprint density at radius 2 is 1.70 bits per heavy atom. The third kappa shape index (κ3) is 6.15. The molecule has 1 heterocycles. The summed E-state index contributed by atoms with van der Waals surface area (Å²) < 4.78 is 5.71. The van der Waals surface area contributed by atoms with Gasteiger partial charge in [-0.25, -0.2) is 4.98 Å². The van der Waals surface area contributed by atoms with E-state index >= 15 is 0 Å². The summed E-state index contributed by atoms with van der Waals surface area (Å²) >= 11 is 1.50. The Balaban J connectivity index is 1.71. The molecule has 1 aromatic heterocycles. The number of nitrogens with zero attached hydrogens (tertiary/aromatic N) is 2. The highest BCUT2D eigenvalue weighted by molar-refractivity contribution is 7.14. The number of carbonyl (C=O) groups is 1. The number of amides is 1. The van der Waals surface area contributed by atoms with Gasteiger partial charge in [0.1, 0.15) is 5.75 Å². The van der Waals surface area contributed by atoms with E-state index in [-0.39, 0.29) is 12.5 Å². The van der Waals surface area contributed by atoms with E-state index in [0.717, 1.165) is 42.4 Å². The first-order valence-corrected chi connectivity index (χ1v) is 11.4. The van der Waals surface area contributed by atoms with Crippen molar-refractivity contribution in [2.45, 2.75) is 20.3 Å². The maximum Gasteiger partial charge on any atom is 0.266 e. The van der Waals surface area contributed by atoms with Gasteiger partial charge < -0.3 is 9.64 Å². The number of benzene rings is 2. The standard InChI is InChI=1S/C24H29N3O2S/c1-3-26(4-2)16-11-17-27(23(28)18-29-21-14-9-6-10-15-21)24-25-22(19-30-24)20-12-7-5-8-13-20/h5-10,12-15,19H,3-4,11,16-18H2,1-2H3/p+1. The molecule has 0 aliphatic carbocycles. The van der Waals surface area contributed by atoms with Crippen molar-refractivity contribution in [2.24, 2.45) is 0 Å². The van der Waals surface area contributed by atoms with Crippen molar-refractivity contribution in [2.75, 3.05) is 37.7 Å². The summed E-state index contributed by atoms with van der Waals surface area (Å²) in [7, 11) is 0. The Hall–Kier alpha value is -2.70. The van der Waals surface area contributed by atoms with Gasteiger partial charge in [0.05, 0.1) is 25.3 Å². The molecular formula is C24H30N3O2S+. The lowest BCUT2D eigenvalue weighted by Gasteiger charge is -2.22. The monoisotopic (exact) mass is 424 g/mol. The molecule has 0 unspecified atom stereocenters. The molecule has 0 bridgehead atoms. The van der Waals surface area contributed by atoms with Crippen LogP contribution < -0.4 is 14.5 Å². The molecule has 3 rings (SSSR count). The Labute approximate surface area is 182 Å². The van der Waals surface area contributed by atoms with Gasteiger partial charge in [-0.05, 0) is 26.0 Å². The van der Waals surface area contributed by atoms with Gasteiger partial charge >= 0.3 is 0 Å². The van der Waals surface area contributed by atoms with Gasteiger partial charge in [0.2, 0.25) is 0 Å². The van der Waals surface area contributed by atoms with Gasteiger partial charge in [-0.3, -0.25) is 9.69 Å². The molecule has 158 valence electrons. The SMILES string of the molecule is CC[NH+](CC)CCCN(C(=O)COc1ccccc1)c1nc(-c2ccccc2)cs1. The molecule has 0 saturated heterocycles. The van der Waals surface area contributed by atoms with Crippen LogP contribution in [0.25, 0.3) is 11.3 Å². The van der Waals surface area contributed by atoms with Crippen molar-refractivity contribution in [3.8, 4) is 17.0 Å². The quantitative estimate of drug-likeness (QED) is 0.512. The second-order valence-electron chi connectivity index (χ2n) is 7.09. The van der Waals surface area contributed by atoms with Gasteiger partial charge in [0.25, 0.3) is 5.91 Å². The van der Waals surface area contributed by atoms with Gasteiger partial charge in [-0.1, -0.05) is 48.5 Å². The molecule has 2 aromatic carbocycles. The maximum absolute atomic E-state index is 13.0. The fourth-order valence-electron chi connectivity index (χ4n) is 3.29. The number of hydrogen-bond acceptors (Lipinski definition) is 4. The first-order valence-electron chi connectivity index (χ1n) is 10.5. The smallest absolute Gasteiger partial charge is 0.266 e. The largest absolute Gasteiger partial charge is 0.484 e. The topological polar surface area (TPSA) is 46.9 Å². The molecule has 0 fully saturated rings. The number of ether oxygens (including phenoxy) is 1. The summed E-state index contributed by atoms with van der Waals surface area (Å²) in [6, 6.07) is 19.5. The summed E-state index contributed by atoms with van der Waals surface area (Å²) in [5.41, 5.74) is 1.95. The summed E-state index contributed by atoms with van der Waals surface area (Å²) in [6.07, 6.45) is 0.925. The van der Waals surface area contributed by atoms with E-state index in [1.165, 1.54) is 16.2 Å². The average molecular weight is 425 g/mol. The Bertz CT molecular complexity index is 895. The van der Waals surface area contributed by atoms with Crippen LogP contribution in [-0.2, 0) is 4.79 Å². The van der Waals surface area contributed by atoms with Crippen molar-refractivity contribution in [1.82, 2.24) is 4.98 Å². The van der Waals surface area contributed by atoms with Crippen LogP contribution in [-0.4, -0.2) is 43.7 Å². The van der Waals surface area contributed by atoms with E-state index in [2.05, 4.69) is 13.8 Å². The van der Waals surface area contributed by atoms with E-state index in [1.807, 2.05) is 66.0 Å². The number of rotatable bonds is 11. The highest BCUT2D eigenvalue weighted by Gasteiger charge is 2.20. The molecule has 0 spiro atoms. The minimum atomic E-state index is -0.0673. The van der Waals surface area contributed by atoms with Crippen molar-refractivity contribution in [3.63, 3.8) is 0 Å². The normalized spacial score (nSPS) is 10.9. The third-order valence-electron chi connectivity index (χ3n) is 5.11. The average Bonchev–Trinajstić information content (AvgIpc) is 3.29. The first kappa shape index (κ1) is 22.0. The number of hydrogen-bond donors (Lipinski definition) is 1. The Kier molecular flexibility index (Phi) is 8.41. The fourth-order valence-corrected chi connectivity index (χ4v) is 4.16. The Morgan fingerprint density at radius 3 is 2.37 bits per heavy atom. The lowest BCUT2D eigenvalue weighted by Crippen LogP contribution is -3.11. The van der Waals surface area contributed by atoms with Crippen molar-refractivity contribution in [3.05, 3.63) is 66.0 Å². The lowest BCUT2D eigenvalue weighted by molar-refractivity contribution is -0.896. The molecule has 3 aromatic rings. The van der Waals surface area contributed by atoms with Crippen LogP contribution in [0.2, 0.25) is 0 Å². The molecule has 6 heteroatoms. The van der Waals surface area contributed by atoms with Crippen LogP contribution in [0.3, 0.4) is 0 Å². The highest BCUT2D eigenvalue weighted by Crippen LogP contribution is 2.27. The summed E-state index contributed by atoms with van der Waals surface area (Å²) in [5.74, 6) is 0.630. The van der Waals surface area contributed by atoms with Crippen LogP contribution in [0.4, 0.5) is 5.13 Å². The number of thiazole rings is 1. The fraction of sp³-hybridized carbons (Fsp3) is 0.333. The number of anilines is 1. The minimum absolute atomic E-state index is 0.00237. The number of aromatic nitrogens is 1. The summed E-state index contributed by atoms with van der Waals surface area (Å²) in [4.78, 5) is 21.1. The number of quaternary nitrogens is 1. The van der Waals surface area contributed by atoms with Crippen LogP contribution in [0, 0.1) is 0 Å². The highest BCUT2D eigenvalue weighted by atomic mass is 32.1. The second-order valence-corrected chi connectivity index (χ2v) is 7.93. The zero-order valence-corrected chi connectivity index (χ0v) is 18.5. The Morgan fingerprint density at radius 1 is 1.03 bits per heavy atom. The number of carbonyl (C=O) groups excluding carboxylic acids is 1. The van der Waals surface area contributed by atoms with Gasteiger partial charge in [0, 0.05) is 23.9 Å². The molecule has 0 aliphatic rings. The van der Waals surface area contributed by atoms with E-state index in [4.69, 9.17) is 9.72 Å². The van der Waals surface area contributed by atoms with Gasteiger partial charge in [-0.2, -0.15) is 0 Å². The predicted octanol–water partition coefficient (Wildman–Crippen LogP) is 3.54. The van der Waals surface area contributed by atoms with Crippen LogP contribution in [0.1, 0.15) is 20.3 Å². The molecule has 1 amide bonds. The molecule has 1 N–H and O–H groups in total. The molecule has 0 aliphatic heterocycles. The summed E-state index contributed by atoms with van der Waals surface area (Å²) in [6.45, 7) is 8.26. The number of nitrogens with one attached hydrogen (secondary N) is 1. The zero-order valence-electron chi connectivity index (χ0n) is 17.7. The molecule has 0 saturated carbocycles. The van der Waals surface area contributed by atoms with Crippen molar-refractivity contribution in [1.29, 1.82) is 0 Å². The van der Waals surface area contributed by atoms with Crippen molar-refractivity contribution >= 4 is 22.4 Å². The summed E-state index contributed by atoms with van der Waals surface area (Å²) in [5, 5.41) is 2.74. The van der Waals surface area contributed by atoms with E-state index in [0.29, 0.717) is 12.3 Å². The minimum Gasteiger partial charge on any atom is -0.484 e. The van der Waals surface area contributed by atoms with Crippen LogP contribution in [0.5, 0.6) is 5.75 Å².